The van der Waals surface area contributed by atoms with E-state index >= 15 is 0 Å². The van der Waals surface area contributed by atoms with Crippen LogP contribution in [0, 0.1) is 13.8 Å². The van der Waals surface area contributed by atoms with Gasteiger partial charge in [0.2, 0.25) is 0 Å². The van der Waals surface area contributed by atoms with Crippen molar-refractivity contribution in [3.63, 3.8) is 0 Å². The van der Waals surface area contributed by atoms with Gasteiger partial charge in [-0.3, -0.25) is 4.79 Å². The van der Waals surface area contributed by atoms with Gasteiger partial charge in [-0.1, -0.05) is 31.2 Å². The Balaban J connectivity index is 1.98. The van der Waals surface area contributed by atoms with E-state index in [1.165, 1.54) is 0 Å². The maximum atomic E-state index is 12.5. The molecule has 2 aromatic rings. The van der Waals surface area contributed by atoms with Gasteiger partial charge in [0.15, 0.2) is 6.10 Å². The van der Waals surface area contributed by atoms with Crippen LogP contribution in [0.15, 0.2) is 42.5 Å². The molecule has 25 heavy (non-hydrogen) atoms. The lowest BCUT2D eigenvalue weighted by molar-refractivity contribution is -0.128. The first-order valence-electron chi connectivity index (χ1n) is 8.77. The molecule has 0 spiro atoms. The molecular formula is C21H27NO3. The van der Waals surface area contributed by atoms with Gasteiger partial charge in [0, 0.05) is 6.54 Å². The Bertz CT molecular complexity index is 712. The van der Waals surface area contributed by atoms with Crippen LogP contribution in [-0.4, -0.2) is 18.6 Å². The number of benzene rings is 2. The zero-order valence-electron chi connectivity index (χ0n) is 15.5. The molecule has 0 fully saturated rings. The van der Waals surface area contributed by atoms with E-state index in [0.717, 1.165) is 28.2 Å². The molecule has 2 aromatic carbocycles. The average molecular weight is 341 g/mol. The van der Waals surface area contributed by atoms with Gasteiger partial charge < -0.3 is 14.8 Å². The van der Waals surface area contributed by atoms with Crippen LogP contribution in [0.1, 0.15) is 37.0 Å². The summed E-state index contributed by atoms with van der Waals surface area (Å²) >= 11 is 0. The average Bonchev–Trinajstić information content (AvgIpc) is 2.61. The lowest BCUT2D eigenvalue weighted by Gasteiger charge is -2.19. The summed E-state index contributed by atoms with van der Waals surface area (Å²) in [4.78, 5) is 12.5. The SMILES string of the molecule is CCOc1cccc(CNC(=O)[C@H](CC)Oc2cccc(C)c2C)c1. The normalized spacial score (nSPS) is 11.7. The molecule has 134 valence electrons. The summed E-state index contributed by atoms with van der Waals surface area (Å²) in [6.07, 6.45) is 0.105. The molecule has 1 N–H and O–H groups in total. The molecular weight excluding hydrogens is 314 g/mol. The van der Waals surface area contributed by atoms with Gasteiger partial charge in [-0.2, -0.15) is 0 Å². The Labute approximate surface area is 150 Å². The topological polar surface area (TPSA) is 47.6 Å². The van der Waals surface area contributed by atoms with Crippen molar-refractivity contribution >= 4 is 5.91 Å². The number of aryl methyl sites for hydroxylation is 1. The molecule has 1 atom stereocenters. The van der Waals surface area contributed by atoms with Crippen LogP contribution in [0.4, 0.5) is 0 Å². The minimum atomic E-state index is -0.504. The summed E-state index contributed by atoms with van der Waals surface area (Å²) < 4.78 is 11.4. The third-order valence-electron chi connectivity index (χ3n) is 4.16. The van der Waals surface area contributed by atoms with Gasteiger partial charge in [-0.25, -0.2) is 0 Å². The second-order valence-corrected chi connectivity index (χ2v) is 6.01. The van der Waals surface area contributed by atoms with E-state index in [2.05, 4.69) is 5.32 Å². The predicted octanol–water partition coefficient (Wildman–Crippen LogP) is 4.18. The number of ether oxygens (including phenoxy) is 2. The highest BCUT2D eigenvalue weighted by atomic mass is 16.5. The smallest absolute Gasteiger partial charge is 0.261 e. The quantitative estimate of drug-likeness (QED) is 0.784. The second kappa shape index (κ2) is 9.11. The van der Waals surface area contributed by atoms with Crippen molar-refractivity contribution in [3.8, 4) is 11.5 Å². The molecule has 0 aliphatic carbocycles. The molecule has 4 heteroatoms. The van der Waals surface area contributed by atoms with Gasteiger partial charge in [0.05, 0.1) is 6.61 Å². The Kier molecular flexibility index (Phi) is 6.87. The Morgan fingerprint density at radius 3 is 2.60 bits per heavy atom. The number of rotatable bonds is 8. The van der Waals surface area contributed by atoms with E-state index in [0.29, 0.717) is 19.6 Å². The van der Waals surface area contributed by atoms with Crippen LogP contribution in [0.3, 0.4) is 0 Å². The highest BCUT2D eigenvalue weighted by Gasteiger charge is 2.19. The molecule has 4 nitrogen and oxygen atoms in total. The van der Waals surface area contributed by atoms with Gasteiger partial charge in [0.25, 0.3) is 5.91 Å². The van der Waals surface area contributed by atoms with Crippen LogP contribution < -0.4 is 14.8 Å². The molecule has 0 aliphatic rings. The van der Waals surface area contributed by atoms with E-state index in [1.807, 2.05) is 70.2 Å². The predicted molar refractivity (Wildman–Crippen MR) is 100 cm³/mol. The van der Waals surface area contributed by atoms with E-state index in [-0.39, 0.29) is 5.91 Å². The third-order valence-corrected chi connectivity index (χ3v) is 4.16. The fourth-order valence-electron chi connectivity index (χ4n) is 2.54. The van der Waals surface area contributed by atoms with Gasteiger partial charge in [-0.15, -0.1) is 0 Å². The Hall–Kier alpha value is -2.49. The summed E-state index contributed by atoms with van der Waals surface area (Å²) in [6, 6.07) is 13.6. The molecule has 2 rings (SSSR count). The summed E-state index contributed by atoms with van der Waals surface area (Å²) in [5.41, 5.74) is 3.22. The monoisotopic (exact) mass is 341 g/mol. The summed E-state index contributed by atoms with van der Waals surface area (Å²) in [5.74, 6) is 1.47. The largest absolute Gasteiger partial charge is 0.494 e. The molecule has 0 bridgehead atoms. The number of nitrogens with one attached hydrogen (secondary N) is 1. The minimum absolute atomic E-state index is 0.106. The van der Waals surface area contributed by atoms with Gasteiger partial charge >= 0.3 is 0 Å². The molecule has 1 amide bonds. The molecule has 0 unspecified atom stereocenters. The molecule has 0 saturated carbocycles. The van der Waals surface area contributed by atoms with Gasteiger partial charge in [-0.05, 0) is 62.1 Å². The van der Waals surface area contributed by atoms with Crippen molar-refractivity contribution in [2.24, 2.45) is 0 Å². The van der Waals surface area contributed by atoms with Crippen molar-refractivity contribution < 1.29 is 14.3 Å². The van der Waals surface area contributed by atoms with Crippen molar-refractivity contribution in [2.45, 2.75) is 46.8 Å². The number of amides is 1. The fraction of sp³-hybridized carbons (Fsp3) is 0.381. The van der Waals surface area contributed by atoms with Crippen LogP contribution in [0.2, 0.25) is 0 Å². The molecule has 0 heterocycles. The maximum Gasteiger partial charge on any atom is 0.261 e. The van der Waals surface area contributed by atoms with Gasteiger partial charge in [0.1, 0.15) is 11.5 Å². The van der Waals surface area contributed by atoms with Crippen molar-refractivity contribution in [1.82, 2.24) is 5.32 Å². The molecule has 0 saturated heterocycles. The first kappa shape index (κ1) is 18.8. The number of hydrogen-bond donors (Lipinski definition) is 1. The molecule has 0 aliphatic heterocycles. The summed E-state index contributed by atoms with van der Waals surface area (Å²) in [5, 5.41) is 2.95. The van der Waals surface area contributed by atoms with Crippen molar-refractivity contribution in [1.29, 1.82) is 0 Å². The lowest BCUT2D eigenvalue weighted by Crippen LogP contribution is -2.37. The number of carbonyl (C=O) groups is 1. The highest BCUT2D eigenvalue weighted by molar-refractivity contribution is 5.81. The highest BCUT2D eigenvalue weighted by Crippen LogP contribution is 2.22. The van der Waals surface area contributed by atoms with Crippen molar-refractivity contribution in [3.05, 3.63) is 59.2 Å². The zero-order valence-corrected chi connectivity index (χ0v) is 15.5. The fourth-order valence-corrected chi connectivity index (χ4v) is 2.54. The standard InChI is InChI=1S/C21H27NO3/c1-5-19(25-20-12-7-9-15(3)16(20)4)21(23)22-14-17-10-8-11-18(13-17)24-6-2/h7-13,19H,5-6,14H2,1-4H3,(H,22,23)/t19-/m0/s1. The van der Waals surface area contributed by atoms with Crippen LogP contribution in [0.25, 0.3) is 0 Å². The van der Waals surface area contributed by atoms with Crippen LogP contribution in [-0.2, 0) is 11.3 Å². The van der Waals surface area contributed by atoms with E-state index in [1.54, 1.807) is 0 Å². The van der Waals surface area contributed by atoms with Crippen LogP contribution in [0.5, 0.6) is 11.5 Å². The van der Waals surface area contributed by atoms with E-state index in [4.69, 9.17) is 9.47 Å². The van der Waals surface area contributed by atoms with E-state index in [9.17, 15) is 4.79 Å². The lowest BCUT2D eigenvalue weighted by atomic mass is 10.1. The Morgan fingerprint density at radius 2 is 1.88 bits per heavy atom. The maximum absolute atomic E-state index is 12.5. The number of carbonyl (C=O) groups excluding carboxylic acids is 1. The first-order valence-corrected chi connectivity index (χ1v) is 8.77. The third kappa shape index (κ3) is 5.24. The molecule has 0 radical (unpaired) electrons. The summed E-state index contributed by atoms with van der Waals surface area (Å²) in [7, 11) is 0. The van der Waals surface area contributed by atoms with E-state index < -0.39 is 6.10 Å². The second-order valence-electron chi connectivity index (χ2n) is 6.01. The Morgan fingerprint density at radius 1 is 1.12 bits per heavy atom. The van der Waals surface area contributed by atoms with Crippen molar-refractivity contribution in [2.75, 3.05) is 6.61 Å². The zero-order chi connectivity index (χ0) is 18.2. The summed E-state index contributed by atoms with van der Waals surface area (Å²) in [6.45, 7) is 9.02. The minimum Gasteiger partial charge on any atom is -0.494 e. The number of hydrogen-bond acceptors (Lipinski definition) is 3. The van der Waals surface area contributed by atoms with Crippen LogP contribution >= 0.6 is 0 Å². The molecule has 0 aromatic heterocycles. The first-order chi connectivity index (χ1) is 12.0.